The second-order valence-electron chi connectivity index (χ2n) is 5.43. The molecule has 1 unspecified atom stereocenters. The van der Waals surface area contributed by atoms with Gasteiger partial charge in [-0.25, -0.2) is 4.79 Å². The maximum Gasteiger partial charge on any atom is 0.323 e. The quantitative estimate of drug-likeness (QED) is 0.856. The highest BCUT2D eigenvalue weighted by molar-refractivity contribution is 6.08. The molecule has 0 aromatic heterocycles. The largest absolute Gasteiger partial charge is 0.323 e. The predicted molar refractivity (Wildman–Crippen MR) is 74.0 cm³/mol. The van der Waals surface area contributed by atoms with E-state index in [0.717, 1.165) is 24.8 Å². The zero-order valence-electron chi connectivity index (χ0n) is 11.1. The molecule has 1 aliphatic heterocycles. The Hall–Kier alpha value is -1.84. The lowest BCUT2D eigenvalue weighted by Crippen LogP contribution is -2.50. The molecular formula is C15H19N3O. The highest BCUT2D eigenvalue weighted by atomic mass is 16.2. The Morgan fingerprint density at radius 3 is 2.63 bits per heavy atom. The van der Waals surface area contributed by atoms with Crippen LogP contribution in [0.15, 0.2) is 30.3 Å². The van der Waals surface area contributed by atoms with Crippen molar-refractivity contribution in [1.29, 1.82) is 5.41 Å². The molecule has 2 aliphatic rings. The fourth-order valence-electron chi connectivity index (χ4n) is 3.22. The number of nitrogens with one attached hydrogen (secondary N) is 2. The first kappa shape index (κ1) is 12.2. The average Bonchev–Trinajstić information content (AvgIpc) is 3.21. The topological polar surface area (TPSA) is 56.2 Å². The van der Waals surface area contributed by atoms with E-state index in [0.29, 0.717) is 18.3 Å². The Kier molecular flexibility index (Phi) is 2.81. The minimum atomic E-state index is -0.396. The van der Waals surface area contributed by atoms with E-state index in [1.807, 2.05) is 35.2 Å². The van der Waals surface area contributed by atoms with Gasteiger partial charge in [0.25, 0.3) is 0 Å². The number of amidine groups is 1. The van der Waals surface area contributed by atoms with Crippen molar-refractivity contribution in [2.45, 2.75) is 38.3 Å². The molecule has 100 valence electrons. The number of hydrogen-bond acceptors (Lipinski definition) is 2. The van der Waals surface area contributed by atoms with Gasteiger partial charge in [-0.3, -0.25) is 10.7 Å². The number of nitrogens with zero attached hydrogens (tertiary/aromatic N) is 1. The van der Waals surface area contributed by atoms with Crippen molar-refractivity contribution in [2.24, 2.45) is 5.92 Å². The van der Waals surface area contributed by atoms with Crippen LogP contribution in [0.25, 0.3) is 0 Å². The summed E-state index contributed by atoms with van der Waals surface area (Å²) in [6.07, 6.45) is 3.05. The van der Waals surface area contributed by atoms with Crippen LogP contribution in [0.3, 0.4) is 0 Å². The number of carbonyl (C=O) groups is 1. The van der Waals surface area contributed by atoms with Gasteiger partial charge in [-0.2, -0.15) is 0 Å². The second kappa shape index (κ2) is 4.37. The summed E-state index contributed by atoms with van der Waals surface area (Å²) < 4.78 is 0. The fourth-order valence-corrected chi connectivity index (χ4v) is 3.22. The first-order valence-electron chi connectivity index (χ1n) is 6.90. The average molecular weight is 257 g/mol. The first-order chi connectivity index (χ1) is 9.18. The van der Waals surface area contributed by atoms with E-state index in [1.165, 1.54) is 0 Å². The summed E-state index contributed by atoms with van der Waals surface area (Å²) in [6.45, 7) is 2.66. The van der Waals surface area contributed by atoms with Crippen LogP contribution in [0.5, 0.6) is 0 Å². The van der Waals surface area contributed by atoms with Gasteiger partial charge in [0.15, 0.2) is 0 Å². The molecule has 1 aromatic carbocycles. The van der Waals surface area contributed by atoms with E-state index < -0.39 is 5.54 Å². The normalized spacial score (nSPS) is 26.7. The van der Waals surface area contributed by atoms with Gasteiger partial charge in [0, 0.05) is 6.54 Å². The molecule has 1 atom stereocenters. The van der Waals surface area contributed by atoms with Gasteiger partial charge in [-0.05, 0) is 30.7 Å². The van der Waals surface area contributed by atoms with Gasteiger partial charge in [0.1, 0.15) is 11.4 Å². The Labute approximate surface area is 113 Å². The Balaban J connectivity index is 1.93. The Bertz CT molecular complexity index is 509. The molecule has 1 aromatic rings. The van der Waals surface area contributed by atoms with E-state index in [-0.39, 0.29) is 6.03 Å². The van der Waals surface area contributed by atoms with Crippen molar-refractivity contribution in [2.75, 3.05) is 0 Å². The molecule has 2 amide bonds. The molecule has 19 heavy (non-hydrogen) atoms. The highest BCUT2D eigenvalue weighted by Crippen LogP contribution is 2.47. The highest BCUT2D eigenvalue weighted by Gasteiger charge is 2.57. The van der Waals surface area contributed by atoms with Crippen molar-refractivity contribution >= 4 is 11.9 Å². The molecule has 0 spiro atoms. The molecule has 4 nitrogen and oxygen atoms in total. The van der Waals surface area contributed by atoms with Crippen molar-refractivity contribution in [3.63, 3.8) is 0 Å². The first-order valence-corrected chi connectivity index (χ1v) is 6.90. The van der Waals surface area contributed by atoms with Crippen molar-refractivity contribution < 1.29 is 4.79 Å². The number of hydrogen-bond donors (Lipinski definition) is 2. The van der Waals surface area contributed by atoms with Crippen LogP contribution < -0.4 is 5.32 Å². The fraction of sp³-hybridized carbons (Fsp3) is 0.467. The zero-order chi connectivity index (χ0) is 13.5. The Morgan fingerprint density at radius 1 is 1.37 bits per heavy atom. The molecule has 1 aliphatic carbocycles. The summed E-state index contributed by atoms with van der Waals surface area (Å²) in [4.78, 5) is 14.0. The number of carbonyl (C=O) groups excluding carboxylic acids is 1. The molecular weight excluding hydrogens is 238 g/mol. The van der Waals surface area contributed by atoms with Gasteiger partial charge in [-0.1, -0.05) is 37.3 Å². The monoisotopic (exact) mass is 257 g/mol. The third kappa shape index (κ3) is 1.82. The van der Waals surface area contributed by atoms with Gasteiger partial charge in [0.05, 0.1) is 0 Å². The Morgan fingerprint density at radius 2 is 2.05 bits per heavy atom. The maximum atomic E-state index is 12.2. The van der Waals surface area contributed by atoms with E-state index >= 15 is 0 Å². The van der Waals surface area contributed by atoms with Gasteiger partial charge in [0.2, 0.25) is 0 Å². The number of amides is 2. The molecule has 1 saturated carbocycles. The molecule has 0 radical (unpaired) electrons. The van der Waals surface area contributed by atoms with Gasteiger partial charge >= 0.3 is 6.03 Å². The van der Waals surface area contributed by atoms with Gasteiger partial charge in [-0.15, -0.1) is 0 Å². The second-order valence-corrected chi connectivity index (χ2v) is 5.43. The lowest BCUT2D eigenvalue weighted by Gasteiger charge is -2.36. The summed E-state index contributed by atoms with van der Waals surface area (Å²) in [7, 11) is 0. The van der Waals surface area contributed by atoms with E-state index in [4.69, 9.17) is 5.41 Å². The molecule has 2 N–H and O–H groups in total. The zero-order valence-corrected chi connectivity index (χ0v) is 11.1. The molecule has 1 heterocycles. The maximum absolute atomic E-state index is 12.2. The minimum absolute atomic E-state index is 0.123. The number of benzene rings is 1. The number of urea groups is 1. The molecule has 1 saturated heterocycles. The van der Waals surface area contributed by atoms with Crippen LogP contribution >= 0.6 is 0 Å². The van der Waals surface area contributed by atoms with E-state index in [9.17, 15) is 4.79 Å². The smallest absolute Gasteiger partial charge is 0.307 e. The SMILES string of the molecule is CCC1(C2CC2)C(=N)NC(=O)N1Cc1ccccc1. The molecule has 4 heteroatoms. The lowest BCUT2D eigenvalue weighted by atomic mass is 9.87. The van der Waals surface area contributed by atoms with Crippen molar-refractivity contribution in [3.05, 3.63) is 35.9 Å². The molecule has 0 bridgehead atoms. The van der Waals surface area contributed by atoms with Crippen LogP contribution in [0.2, 0.25) is 0 Å². The third-order valence-corrected chi connectivity index (χ3v) is 4.37. The van der Waals surface area contributed by atoms with Crippen LogP contribution in [-0.2, 0) is 6.54 Å². The third-order valence-electron chi connectivity index (χ3n) is 4.37. The molecule has 2 fully saturated rings. The summed E-state index contributed by atoms with van der Waals surface area (Å²) in [5.41, 5.74) is 0.721. The predicted octanol–water partition coefficient (Wildman–Crippen LogP) is 2.75. The van der Waals surface area contributed by atoms with E-state index in [1.54, 1.807) is 0 Å². The number of rotatable bonds is 4. The van der Waals surface area contributed by atoms with Crippen LogP contribution in [0.4, 0.5) is 4.79 Å². The van der Waals surface area contributed by atoms with E-state index in [2.05, 4.69) is 12.2 Å². The lowest BCUT2D eigenvalue weighted by molar-refractivity contribution is 0.151. The van der Waals surface area contributed by atoms with Crippen LogP contribution in [0.1, 0.15) is 31.7 Å². The summed E-state index contributed by atoms with van der Waals surface area (Å²) in [6, 6.07) is 9.88. The summed E-state index contributed by atoms with van der Waals surface area (Å²) in [5, 5.41) is 10.9. The van der Waals surface area contributed by atoms with Crippen LogP contribution in [-0.4, -0.2) is 22.3 Å². The summed E-state index contributed by atoms with van der Waals surface area (Å²) >= 11 is 0. The standard InChI is InChI=1S/C15H19N3O/c1-2-15(12-8-9-12)13(16)17-14(19)18(15)10-11-6-4-3-5-7-11/h3-7,12H,2,8-10H2,1H3,(H2,16,17,19). The van der Waals surface area contributed by atoms with Gasteiger partial charge < -0.3 is 4.90 Å². The minimum Gasteiger partial charge on any atom is -0.307 e. The van der Waals surface area contributed by atoms with Crippen LogP contribution in [0, 0.1) is 11.3 Å². The molecule has 3 rings (SSSR count). The summed E-state index contributed by atoms with van der Waals surface area (Å²) in [5.74, 6) is 0.839. The van der Waals surface area contributed by atoms with Crippen molar-refractivity contribution in [3.8, 4) is 0 Å². The van der Waals surface area contributed by atoms with Crippen molar-refractivity contribution in [1.82, 2.24) is 10.2 Å².